The molecule has 1 aromatic carbocycles. The summed E-state index contributed by atoms with van der Waals surface area (Å²) in [5.41, 5.74) is 1.97. The Morgan fingerprint density at radius 1 is 1.23 bits per heavy atom. The average Bonchev–Trinajstić information content (AvgIpc) is 2.90. The summed E-state index contributed by atoms with van der Waals surface area (Å²) in [7, 11) is 0. The van der Waals surface area contributed by atoms with Crippen LogP contribution >= 0.6 is 11.6 Å². The Morgan fingerprint density at radius 3 is 2.73 bits per heavy atom. The first-order valence-corrected chi connectivity index (χ1v) is 7.02. The summed E-state index contributed by atoms with van der Waals surface area (Å²) in [5, 5.41) is 17.0. The fourth-order valence-electron chi connectivity index (χ4n) is 2.06. The molecule has 0 saturated carbocycles. The Labute approximate surface area is 130 Å². The number of nitrogens with zero attached hydrogens (tertiary/aromatic N) is 5. The molecule has 0 aliphatic rings. The molecule has 0 unspecified atom stereocenters. The lowest BCUT2D eigenvalue weighted by atomic mass is 10.2. The van der Waals surface area contributed by atoms with Crippen molar-refractivity contribution in [3.8, 4) is 0 Å². The van der Waals surface area contributed by atoms with Gasteiger partial charge in [0.05, 0.1) is 13.0 Å². The van der Waals surface area contributed by atoms with Gasteiger partial charge in [-0.3, -0.25) is 4.79 Å². The quantitative estimate of drug-likeness (QED) is 0.723. The van der Waals surface area contributed by atoms with Crippen molar-refractivity contribution in [2.24, 2.45) is 0 Å². The van der Waals surface area contributed by atoms with Crippen LogP contribution in [0.4, 0.5) is 0 Å². The minimum Gasteiger partial charge on any atom is -0.481 e. The van der Waals surface area contributed by atoms with Crippen LogP contribution in [0.15, 0.2) is 30.3 Å². The standard InChI is InChI=1S/C14H12ClN5O2/c15-13-12-14(17-10(16-13)6-7-11(21)22)20(19-18-12)8-9-4-2-1-3-5-9/h1-5H,6-8H2,(H,21,22). The van der Waals surface area contributed by atoms with Crippen molar-refractivity contribution in [1.29, 1.82) is 0 Å². The highest BCUT2D eigenvalue weighted by Gasteiger charge is 2.14. The third-order valence-electron chi connectivity index (χ3n) is 3.10. The minimum absolute atomic E-state index is 0.0535. The lowest BCUT2D eigenvalue weighted by Crippen LogP contribution is -2.06. The molecule has 22 heavy (non-hydrogen) atoms. The molecule has 0 atom stereocenters. The fraction of sp³-hybridized carbons (Fsp3) is 0.214. The smallest absolute Gasteiger partial charge is 0.303 e. The van der Waals surface area contributed by atoms with Gasteiger partial charge in [0, 0.05) is 6.42 Å². The molecular weight excluding hydrogens is 306 g/mol. The van der Waals surface area contributed by atoms with Crippen LogP contribution in [0.2, 0.25) is 5.15 Å². The summed E-state index contributed by atoms with van der Waals surface area (Å²) in [5.74, 6) is -0.535. The van der Waals surface area contributed by atoms with Crippen LogP contribution in [-0.2, 0) is 17.8 Å². The summed E-state index contributed by atoms with van der Waals surface area (Å²) < 4.78 is 1.63. The molecule has 1 N–H and O–H groups in total. The van der Waals surface area contributed by atoms with E-state index in [0.717, 1.165) is 5.56 Å². The number of aromatic nitrogens is 5. The first-order valence-electron chi connectivity index (χ1n) is 6.65. The molecule has 0 fully saturated rings. The van der Waals surface area contributed by atoms with E-state index in [1.54, 1.807) is 4.68 Å². The maximum Gasteiger partial charge on any atom is 0.303 e. The predicted molar refractivity (Wildman–Crippen MR) is 79.6 cm³/mol. The van der Waals surface area contributed by atoms with Crippen molar-refractivity contribution in [1.82, 2.24) is 25.0 Å². The number of fused-ring (bicyclic) bond motifs is 1. The van der Waals surface area contributed by atoms with Crippen LogP contribution in [0.25, 0.3) is 11.2 Å². The minimum atomic E-state index is -0.907. The zero-order valence-corrected chi connectivity index (χ0v) is 12.2. The van der Waals surface area contributed by atoms with E-state index in [1.807, 2.05) is 30.3 Å². The van der Waals surface area contributed by atoms with E-state index >= 15 is 0 Å². The summed E-state index contributed by atoms with van der Waals surface area (Å²) in [6, 6.07) is 9.76. The van der Waals surface area contributed by atoms with Crippen LogP contribution < -0.4 is 0 Å². The van der Waals surface area contributed by atoms with Gasteiger partial charge in [0.15, 0.2) is 16.3 Å². The molecule has 7 nitrogen and oxygen atoms in total. The number of hydrogen-bond acceptors (Lipinski definition) is 5. The maximum atomic E-state index is 10.7. The van der Waals surface area contributed by atoms with Crippen LogP contribution in [0, 0.1) is 0 Å². The Morgan fingerprint density at radius 2 is 2.00 bits per heavy atom. The molecule has 0 bridgehead atoms. The molecule has 0 radical (unpaired) electrons. The van der Waals surface area contributed by atoms with Gasteiger partial charge in [-0.25, -0.2) is 14.6 Å². The molecule has 0 spiro atoms. The van der Waals surface area contributed by atoms with Crippen LogP contribution in [-0.4, -0.2) is 36.0 Å². The van der Waals surface area contributed by atoms with E-state index in [1.165, 1.54) is 0 Å². The van der Waals surface area contributed by atoms with E-state index in [2.05, 4.69) is 20.3 Å². The molecule has 0 aliphatic heterocycles. The number of carboxylic acids is 1. The second-order valence-electron chi connectivity index (χ2n) is 4.73. The van der Waals surface area contributed by atoms with E-state index in [4.69, 9.17) is 16.7 Å². The largest absolute Gasteiger partial charge is 0.481 e. The Balaban J connectivity index is 1.95. The molecular formula is C14H12ClN5O2. The summed E-state index contributed by atoms with van der Waals surface area (Å²) in [6.07, 6.45) is 0.156. The molecule has 3 aromatic rings. The van der Waals surface area contributed by atoms with Crippen molar-refractivity contribution in [3.05, 3.63) is 46.9 Å². The van der Waals surface area contributed by atoms with E-state index in [0.29, 0.717) is 23.5 Å². The number of benzene rings is 1. The van der Waals surface area contributed by atoms with Gasteiger partial charge in [0.2, 0.25) is 0 Å². The van der Waals surface area contributed by atoms with Gasteiger partial charge in [-0.1, -0.05) is 47.1 Å². The van der Waals surface area contributed by atoms with E-state index < -0.39 is 5.97 Å². The van der Waals surface area contributed by atoms with Crippen LogP contribution in [0.5, 0.6) is 0 Å². The molecule has 2 aromatic heterocycles. The number of halogens is 1. The molecule has 0 aliphatic carbocycles. The Hall–Kier alpha value is -2.54. The van der Waals surface area contributed by atoms with Gasteiger partial charge in [-0.2, -0.15) is 0 Å². The van der Waals surface area contributed by atoms with Gasteiger partial charge >= 0.3 is 5.97 Å². The average molecular weight is 318 g/mol. The van der Waals surface area contributed by atoms with Crippen molar-refractivity contribution >= 4 is 28.7 Å². The monoisotopic (exact) mass is 317 g/mol. The SMILES string of the molecule is O=C(O)CCc1nc(Cl)c2nnn(Cc3ccccc3)c2n1. The second kappa shape index (κ2) is 6.07. The highest BCUT2D eigenvalue weighted by atomic mass is 35.5. The third-order valence-corrected chi connectivity index (χ3v) is 3.37. The number of aliphatic carboxylic acids is 1. The highest BCUT2D eigenvalue weighted by Crippen LogP contribution is 2.19. The van der Waals surface area contributed by atoms with E-state index in [9.17, 15) is 4.79 Å². The lowest BCUT2D eigenvalue weighted by molar-refractivity contribution is -0.137. The molecule has 0 amide bonds. The van der Waals surface area contributed by atoms with Crippen molar-refractivity contribution in [2.45, 2.75) is 19.4 Å². The number of carbonyl (C=O) groups is 1. The van der Waals surface area contributed by atoms with Gasteiger partial charge < -0.3 is 5.11 Å². The summed E-state index contributed by atoms with van der Waals surface area (Å²) in [4.78, 5) is 19.1. The summed E-state index contributed by atoms with van der Waals surface area (Å²) >= 11 is 6.08. The van der Waals surface area contributed by atoms with Gasteiger partial charge in [0.1, 0.15) is 5.82 Å². The topological polar surface area (TPSA) is 93.8 Å². The highest BCUT2D eigenvalue weighted by molar-refractivity contribution is 6.33. The first-order chi connectivity index (χ1) is 10.6. The summed E-state index contributed by atoms with van der Waals surface area (Å²) in [6.45, 7) is 0.503. The molecule has 0 saturated heterocycles. The Kier molecular flexibility index (Phi) is 3.97. The molecule has 2 heterocycles. The number of hydrogen-bond donors (Lipinski definition) is 1. The Bertz CT molecular complexity index is 819. The van der Waals surface area contributed by atoms with Crippen molar-refractivity contribution in [2.75, 3.05) is 0 Å². The van der Waals surface area contributed by atoms with Gasteiger partial charge in [-0.15, -0.1) is 5.10 Å². The third kappa shape index (κ3) is 3.04. The molecule has 8 heteroatoms. The second-order valence-corrected chi connectivity index (χ2v) is 5.09. The number of rotatable bonds is 5. The van der Waals surface area contributed by atoms with Gasteiger partial charge in [0.25, 0.3) is 0 Å². The van der Waals surface area contributed by atoms with Crippen molar-refractivity contribution in [3.63, 3.8) is 0 Å². The van der Waals surface area contributed by atoms with Crippen molar-refractivity contribution < 1.29 is 9.90 Å². The fourth-order valence-corrected chi connectivity index (χ4v) is 2.28. The molecule has 112 valence electrons. The van der Waals surface area contributed by atoms with Crippen LogP contribution in [0.3, 0.4) is 0 Å². The van der Waals surface area contributed by atoms with Gasteiger partial charge in [-0.05, 0) is 5.56 Å². The number of carboxylic acid groups (broad SMARTS) is 1. The molecule has 3 rings (SSSR count). The van der Waals surface area contributed by atoms with Crippen LogP contribution in [0.1, 0.15) is 17.8 Å². The lowest BCUT2D eigenvalue weighted by Gasteiger charge is -2.03. The predicted octanol–water partition coefficient (Wildman–Crippen LogP) is 1.94. The zero-order chi connectivity index (χ0) is 15.5. The van der Waals surface area contributed by atoms with E-state index in [-0.39, 0.29) is 18.0 Å². The number of aryl methyl sites for hydroxylation is 1. The zero-order valence-electron chi connectivity index (χ0n) is 11.5. The first kappa shape index (κ1) is 14.4. The maximum absolute atomic E-state index is 10.7. The normalized spacial score (nSPS) is 11.0.